The highest BCUT2D eigenvalue weighted by molar-refractivity contribution is 6.74. The van der Waals surface area contributed by atoms with Crippen LogP contribution in [-0.4, -0.2) is 47.0 Å². The Bertz CT molecular complexity index is 674. The molecular formula is C24H42O5Si. The van der Waals surface area contributed by atoms with Crippen LogP contribution in [0.4, 0.5) is 0 Å². The lowest BCUT2D eigenvalue weighted by atomic mass is 9.48. The molecule has 0 radical (unpaired) electrons. The maximum absolute atomic E-state index is 12.2. The van der Waals surface area contributed by atoms with E-state index in [-0.39, 0.29) is 21.8 Å². The molecule has 0 aromatic heterocycles. The van der Waals surface area contributed by atoms with Gasteiger partial charge in [0.1, 0.15) is 0 Å². The normalized spacial score (nSPS) is 33.4. The largest absolute Gasteiger partial charge is 0.466 e. The molecule has 1 saturated heterocycles. The van der Waals surface area contributed by atoms with Crippen molar-refractivity contribution >= 4 is 14.3 Å². The Labute approximate surface area is 184 Å². The van der Waals surface area contributed by atoms with Gasteiger partial charge in [0.05, 0.1) is 20.3 Å². The van der Waals surface area contributed by atoms with Crippen molar-refractivity contribution in [3.05, 3.63) is 11.6 Å². The molecule has 1 spiro atoms. The van der Waals surface area contributed by atoms with Crippen LogP contribution in [0, 0.1) is 10.8 Å². The maximum atomic E-state index is 12.2. The summed E-state index contributed by atoms with van der Waals surface area (Å²) in [5, 5.41) is 0.172. The molecule has 0 aromatic rings. The van der Waals surface area contributed by atoms with E-state index in [0.29, 0.717) is 0 Å². The Kier molecular flexibility index (Phi) is 6.66. The highest BCUT2D eigenvalue weighted by atomic mass is 28.4. The van der Waals surface area contributed by atoms with Gasteiger partial charge in [0.25, 0.3) is 0 Å². The van der Waals surface area contributed by atoms with Gasteiger partial charge in [-0.15, -0.1) is 0 Å². The molecule has 2 saturated carbocycles. The molecule has 3 rings (SSSR count). The van der Waals surface area contributed by atoms with Crippen LogP contribution in [0.15, 0.2) is 11.6 Å². The lowest BCUT2D eigenvalue weighted by molar-refractivity contribution is -0.309. The smallest absolute Gasteiger partial charge is 0.330 e. The highest BCUT2D eigenvalue weighted by Gasteiger charge is 2.61. The fourth-order valence-electron chi connectivity index (χ4n) is 5.40. The lowest BCUT2D eigenvalue weighted by Crippen LogP contribution is -2.59. The highest BCUT2D eigenvalue weighted by Crippen LogP contribution is 2.64. The number of esters is 1. The number of methoxy groups -OCH3 is 1. The van der Waals surface area contributed by atoms with E-state index in [2.05, 4.69) is 40.8 Å². The van der Waals surface area contributed by atoms with Gasteiger partial charge < -0.3 is 18.6 Å². The summed E-state index contributed by atoms with van der Waals surface area (Å²) in [5.74, 6) is -0.794. The monoisotopic (exact) mass is 438 g/mol. The first-order chi connectivity index (χ1) is 13.9. The zero-order valence-electron chi connectivity index (χ0n) is 20.2. The molecule has 0 N–H and O–H groups in total. The minimum absolute atomic E-state index is 0.00393. The number of fused-ring (bicyclic) bond motifs is 1. The van der Waals surface area contributed by atoms with E-state index in [0.717, 1.165) is 64.8 Å². The average Bonchev–Trinajstić information content (AvgIpc) is 2.67. The van der Waals surface area contributed by atoms with Crippen molar-refractivity contribution < 1.29 is 23.4 Å². The SMILES string of the molecule is COC(=O)/C=C1\CCC[C@]2(CO[Si](C)(C)C(C)(C)C)CCC3(C[C@]12C)OCCCO3. The summed E-state index contributed by atoms with van der Waals surface area (Å²) in [7, 11) is -0.433. The molecule has 5 nitrogen and oxygen atoms in total. The molecule has 0 aromatic carbocycles. The second-order valence-electron chi connectivity index (χ2n) is 11.3. The predicted octanol–water partition coefficient (Wildman–Crippen LogP) is 5.60. The third-order valence-corrected chi connectivity index (χ3v) is 13.1. The van der Waals surface area contributed by atoms with Crippen molar-refractivity contribution in [2.45, 2.75) is 96.6 Å². The molecule has 30 heavy (non-hydrogen) atoms. The van der Waals surface area contributed by atoms with E-state index in [9.17, 15) is 4.79 Å². The molecule has 6 heteroatoms. The Morgan fingerprint density at radius 1 is 1.13 bits per heavy atom. The van der Waals surface area contributed by atoms with Crippen molar-refractivity contribution in [3.8, 4) is 0 Å². The van der Waals surface area contributed by atoms with Crippen LogP contribution < -0.4 is 0 Å². The van der Waals surface area contributed by atoms with Crippen LogP contribution in [-0.2, 0) is 23.4 Å². The summed E-state index contributed by atoms with van der Waals surface area (Å²) in [6.45, 7) is 16.1. The minimum Gasteiger partial charge on any atom is -0.466 e. The third-order valence-electron chi connectivity index (χ3n) is 8.62. The van der Waals surface area contributed by atoms with Crippen molar-refractivity contribution in [2.24, 2.45) is 10.8 Å². The first-order valence-electron chi connectivity index (χ1n) is 11.6. The third kappa shape index (κ3) is 4.30. The number of hydrogen-bond acceptors (Lipinski definition) is 5. The Balaban J connectivity index is 1.97. The number of hydrogen-bond donors (Lipinski definition) is 0. The first-order valence-corrected chi connectivity index (χ1v) is 14.5. The summed E-state index contributed by atoms with van der Waals surface area (Å²) in [6, 6.07) is 0. The number of allylic oxidation sites excluding steroid dienone is 1. The average molecular weight is 439 g/mol. The first kappa shape index (κ1) is 24.0. The van der Waals surface area contributed by atoms with Crippen LogP contribution in [0.25, 0.3) is 0 Å². The molecule has 0 amide bonds. The number of ether oxygens (including phenoxy) is 3. The van der Waals surface area contributed by atoms with E-state index >= 15 is 0 Å². The zero-order valence-corrected chi connectivity index (χ0v) is 21.2. The standard InChI is InChI=1S/C24H42O5Si/c1-21(2,3)30(6,7)29-18-23-11-8-10-19(16-20(25)26-5)22(23,4)17-24(13-12-23)27-14-9-15-28-24/h16H,8-15,17-18H2,1-7H3/b19-16+/t22-,23-/m1/s1. The minimum atomic E-state index is -1.89. The number of rotatable bonds is 4. The van der Waals surface area contributed by atoms with Gasteiger partial charge in [0.15, 0.2) is 14.1 Å². The Morgan fingerprint density at radius 2 is 1.80 bits per heavy atom. The van der Waals surface area contributed by atoms with E-state index in [1.807, 2.05) is 0 Å². The Morgan fingerprint density at radius 3 is 2.40 bits per heavy atom. The van der Waals surface area contributed by atoms with Crippen molar-refractivity contribution in [1.29, 1.82) is 0 Å². The molecule has 2 atom stereocenters. The number of carbonyl (C=O) groups is 1. The van der Waals surface area contributed by atoms with E-state index in [1.165, 1.54) is 12.7 Å². The molecular weight excluding hydrogens is 396 g/mol. The van der Waals surface area contributed by atoms with Crippen LogP contribution in [0.2, 0.25) is 18.1 Å². The molecule has 0 bridgehead atoms. The second-order valence-corrected chi connectivity index (χ2v) is 16.2. The Hall–Kier alpha value is -0.693. The van der Waals surface area contributed by atoms with Crippen molar-refractivity contribution in [1.82, 2.24) is 0 Å². The fraction of sp³-hybridized carbons (Fsp3) is 0.875. The summed E-state index contributed by atoms with van der Waals surface area (Å²) < 4.78 is 24.3. The van der Waals surface area contributed by atoms with Crippen LogP contribution >= 0.6 is 0 Å². The number of carbonyl (C=O) groups excluding carboxylic acids is 1. The van der Waals surface area contributed by atoms with Gasteiger partial charge >= 0.3 is 5.97 Å². The van der Waals surface area contributed by atoms with Crippen molar-refractivity contribution in [2.75, 3.05) is 26.9 Å². The van der Waals surface area contributed by atoms with Gasteiger partial charge in [0, 0.05) is 36.4 Å². The van der Waals surface area contributed by atoms with Gasteiger partial charge in [0.2, 0.25) is 0 Å². The fourth-order valence-corrected chi connectivity index (χ4v) is 6.47. The summed E-state index contributed by atoms with van der Waals surface area (Å²) in [4.78, 5) is 12.2. The molecule has 172 valence electrons. The summed E-state index contributed by atoms with van der Waals surface area (Å²) in [6.07, 6.45) is 8.48. The summed E-state index contributed by atoms with van der Waals surface area (Å²) in [5.41, 5.74) is 0.962. The van der Waals surface area contributed by atoms with E-state index in [1.54, 1.807) is 6.08 Å². The van der Waals surface area contributed by atoms with Crippen LogP contribution in [0.1, 0.15) is 72.6 Å². The second kappa shape index (κ2) is 8.34. The van der Waals surface area contributed by atoms with Gasteiger partial charge in [-0.3, -0.25) is 0 Å². The molecule has 0 unspecified atom stereocenters. The quantitative estimate of drug-likeness (QED) is 0.325. The van der Waals surface area contributed by atoms with Gasteiger partial charge in [-0.1, -0.05) is 33.3 Å². The predicted molar refractivity (Wildman–Crippen MR) is 121 cm³/mol. The molecule has 1 aliphatic heterocycles. The summed E-state index contributed by atoms with van der Waals surface area (Å²) >= 11 is 0. The topological polar surface area (TPSA) is 54.0 Å². The van der Waals surface area contributed by atoms with Crippen molar-refractivity contribution in [3.63, 3.8) is 0 Å². The van der Waals surface area contributed by atoms with Gasteiger partial charge in [-0.2, -0.15) is 0 Å². The van der Waals surface area contributed by atoms with Crippen LogP contribution in [0.5, 0.6) is 0 Å². The van der Waals surface area contributed by atoms with E-state index < -0.39 is 14.1 Å². The van der Waals surface area contributed by atoms with E-state index in [4.69, 9.17) is 18.6 Å². The van der Waals surface area contributed by atoms with Gasteiger partial charge in [-0.25, -0.2) is 4.79 Å². The maximum Gasteiger partial charge on any atom is 0.330 e. The molecule has 3 fully saturated rings. The molecule has 1 heterocycles. The van der Waals surface area contributed by atoms with Gasteiger partial charge in [-0.05, 0) is 50.2 Å². The lowest BCUT2D eigenvalue weighted by Gasteiger charge is -2.61. The molecule has 2 aliphatic carbocycles. The van der Waals surface area contributed by atoms with Crippen LogP contribution in [0.3, 0.4) is 0 Å². The zero-order chi connectivity index (χ0) is 22.3. The molecule has 3 aliphatic rings.